The van der Waals surface area contributed by atoms with Gasteiger partial charge in [-0.3, -0.25) is 4.98 Å². The standard InChI is InChI=1S/C10H17N3/c1-8-6-9(2-4-11)7-13-10(8)3-5-12/h6-7H,2-5,11-12H2,1H3. The van der Waals surface area contributed by atoms with Gasteiger partial charge >= 0.3 is 0 Å². The van der Waals surface area contributed by atoms with E-state index in [0.717, 1.165) is 18.5 Å². The lowest BCUT2D eigenvalue weighted by Gasteiger charge is -2.05. The molecule has 1 heterocycles. The van der Waals surface area contributed by atoms with Crippen molar-refractivity contribution in [3.63, 3.8) is 0 Å². The van der Waals surface area contributed by atoms with Gasteiger partial charge in [-0.05, 0) is 37.6 Å². The average Bonchev–Trinajstić information content (AvgIpc) is 2.10. The van der Waals surface area contributed by atoms with Crippen molar-refractivity contribution < 1.29 is 0 Å². The van der Waals surface area contributed by atoms with E-state index < -0.39 is 0 Å². The molecule has 72 valence electrons. The highest BCUT2D eigenvalue weighted by molar-refractivity contribution is 5.24. The molecule has 1 rings (SSSR count). The van der Waals surface area contributed by atoms with E-state index in [-0.39, 0.29) is 0 Å². The fraction of sp³-hybridized carbons (Fsp3) is 0.500. The zero-order valence-electron chi connectivity index (χ0n) is 8.09. The number of aryl methyl sites for hydroxylation is 1. The fourth-order valence-corrected chi connectivity index (χ4v) is 1.36. The van der Waals surface area contributed by atoms with Crippen molar-refractivity contribution in [3.8, 4) is 0 Å². The molecule has 13 heavy (non-hydrogen) atoms. The summed E-state index contributed by atoms with van der Waals surface area (Å²) in [5.41, 5.74) is 14.5. The number of rotatable bonds is 4. The minimum Gasteiger partial charge on any atom is -0.330 e. The summed E-state index contributed by atoms with van der Waals surface area (Å²) >= 11 is 0. The maximum Gasteiger partial charge on any atom is 0.0445 e. The van der Waals surface area contributed by atoms with Crippen LogP contribution in [0.4, 0.5) is 0 Å². The molecule has 1 aromatic heterocycles. The van der Waals surface area contributed by atoms with Gasteiger partial charge in [0.15, 0.2) is 0 Å². The number of nitrogens with zero attached hydrogens (tertiary/aromatic N) is 1. The third-order valence-electron chi connectivity index (χ3n) is 2.06. The van der Waals surface area contributed by atoms with Crippen molar-refractivity contribution in [1.29, 1.82) is 0 Å². The monoisotopic (exact) mass is 179 g/mol. The van der Waals surface area contributed by atoms with E-state index in [9.17, 15) is 0 Å². The van der Waals surface area contributed by atoms with Crippen LogP contribution < -0.4 is 11.5 Å². The lowest BCUT2D eigenvalue weighted by atomic mass is 10.1. The Morgan fingerprint density at radius 1 is 1.23 bits per heavy atom. The molecule has 0 spiro atoms. The van der Waals surface area contributed by atoms with E-state index in [1.807, 2.05) is 6.20 Å². The zero-order chi connectivity index (χ0) is 9.68. The highest BCUT2D eigenvalue weighted by atomic mass is 14.7. The minimum atomic E-state index is 0.657. The van der Waals surface area contributed by atoms with E-state index in [4.69, 9.17) is 11.5 Å². The summed E-state index contributed by atoms with van der Waals surface area (Å²) in [6, 6.07) is 2.14. The predicted molar refractivity (Wildman–Crippen MR) is 54.5 cm³/mol. The molecular weight excluding hydrogens is 162 g/mol. The van der Waals surface area contributed by atoms with E-state index in [2.05, 4.69) is 18.0 Å². The van der Waals surface area contributed by atoms with Crippen LogP contribution in [0.3, 0.4) is 0 Å². The van der Waals surface area contributed by atoms with Crippen molar-refractivity contribution in [1.82, 2.24) is 4.98 Å². The van der Waals surface area contributed by atoms with Crippen LogP contribution in [0, 0.1) is 6.92 Å². The summed E-state index contributed by atoms with van der Waals surface area (Å²) in [7, 11) is 0. The molecule has 0 saturated heterocycles. The van der Waals surface area contributed by atoms with Crippen molar-refractivity contribution in [3.05, 3.63) is 29.1 Å². The predicted octanol–water partition coefficient (Wildman–Crippen LogP) is 0.392. The first-order chi connectivity index (χ1) is 6.27. The molecular formula is C10H17N3. The molecule has 0 saturated carbocycles. The minimum absolute atomic E-state index is 0.657. The van der Waals surface area contributed by atoms with Crippen molar-refractivity contribution in [2.45, 2.75) is 19.8 Å². The number of nitrogens with two attached hydrogens (primary N) is 2. The number of hydrogen-bond donors (Lipinski definition) is 2. The van der Waals surface area contributed by atoms with Gasteiger partial charge < -0.3 is 11.5 Å². The average molecular weight is 179 g/mol. The Morgan fingerprint density at radius 2 is 1.92 bits per heavy atom. The molecule has 0 aliphatic heterocycles. The van der Waals surface area contributed by atoms with E-state index in [0.29, 0.717) is 13.1 Å². The summed E-state index contributed by atoms with van der Waals surface area (Å²) in [5.74, 6) is 0. The molecule has 0 unspecified atom stereocenters. The first kappa shape index (κ1) is 10.2. The second-order valence-electron chi connectivity index (χ2n) is 3.18. The first-order valence-corrected chi connectivity index (χ1v) is 4.62. The smallest absolute Gasteiger partial charge is 0.0445 e. The molecule has 0 radical (unpaired) electrons. The molecule has 3 heteroatoms. The third kappa shape index (κ3) is 2.79. The lowest BCUT2D eigenvalue weighted by molar-refractivity contribution is 0.890. The van der Waals surface area contributed by atoms with Gasteiger partial charge in [0.1, 0.15) is 0 Å². The summed E-state index contributed by atoms with van der Waals surface area (Å²) in [6.07, 6.45) is 3.65. The molecule has 4 N–H and O–H groups in total. The van der Waals surface area contributed by atoms with E-state index >= 15 is 0 Å². The van der Waals surface area contributed by atoms with Crippen LogP contribution in [-0.4, -0.2) is 18.1 Å². The highest BCUT2D eigenvalue weighted by Gasteiger charge is 2.00. The Morgan fingerprint density at radius 3 is 2.46 bits per heavy atom. The number of pyridine rings is 1. The van der Waals surface area contributed by atoms with E-state index in [1.54, 1.807) is 0 Å². The van der Waals surface area contributed by atoms with Gasteiger partial charge in [0.2, 0.25) is 0 Å². The zero-order valence-corrected chi connectivity index (χ0v) is 8.09. The van der Waals surface area contributed by atoms with Crippen molar-refractivity contribution in [2.24, 2.45) is 11.5 Å². The quantitative estimate of drug-likeness (QED) is 0.703. The van der Waals surface area contributed by atoms with Crippen LogP contribution >= 0.6 is 0 Å². The summed E-state index contributed by atoms with van der Waals surface area (Å²) in [5, 5.41) is 0. The first-order valence-electron chi connectivity index (χ1n) is 4.62. The van der Waals surface area contributed by atoms with Crippen LogP contribution in [-0.2, 0) is 12.8 Å². The fourth-order valence-electron chi connectivity index (χ4n) is 1.36. The molecule has 0 atom stereocenters. The molecule has 0 amide bonds. The van der Waals surface area contributed by atoms with Gasteiger partial charge in [0.05, 0.1) is 0 Å². The van der Waals surface area contributed by atoms with Crippen LogP contribution in [0.15, 0.2) is 12.3 Å². The Kier molecular flexibility index (Phi) is 3.86. The number of aromatic nitrogens is 1. The van der Waals surface area contributed by atoms with Crippen LogP contribution in [0.1, 0.15) is 16.8 Å². The van der Waals surface area contributed by atoms with Gasteiger partial charge in [0, 0.05) is 18.3 Å². The van der Waals surface area contributed by atoms with Crippen LogP contribution in [0.2, 0.25) is 0 Å². The van der Waals surface area contributed by atoms with E-state index in [1.165, 1.54) is 11.1 Å². The molecule has 3 nitrogen and oxygen atoms in total. The van der Waals surface area contributed by atoms with Gasteiger partial charge in [-0.15, -0.1) is 0 Å². The topological polar surface area (TPSA) is 64.9 Å². The molecule has 0 bridgehead atoms. The SMILES string of the molecule is Cc1cc(CCN)cnc1CCN. The van der Waals surface area contributed by atoms with Gasteiger partial charge in [0.25, 0.3) is 0 Å². The second kappa shape index (κ2) is 4.94. The van der Waals surface area contributed by atoms with Crippen molar-refractivity contribution in [2.75, 3.05) is 13.1 Å². The molecule has 0 aliphatic carbocycles. The Labute approximate surface area is 79.2 Å². The van der Waals surface area contributed by atoms with Crippen LogP contribution in [0.5, 0.6) is 0 Å². The molecule has 0 fully saturated rings. The molecule has 0 aromatic carbocycles. The van der Waals surface area contributed by atoms with Gasteiger partial charge in [-0.1, -0.05) is 6.07 Å². The maximum atomic E-state index is 5.47. The second-order valence-corrected chi connectivity index (χ2v) is 3.18. The third-order valence-corrected chi connectivity index (χ3v) is 2.06. The number of hydrogen-bond acceptors (Lipinski definition) is 3. The summed E-state index contributed by atoms with van der Waals surface area (Å²) < 4.78 is 0. The Balaban J connectivity index is 2.79. The van der Waals surface area contributed by atoms with Crippen LogP contribution in [0.25, 0.3) is 0 Å². The van der Waals surface area contributed by atoms with Gasteiger partial charge in [-0.2, -0.15) is 0 Å². The summed E-state index contributed by atoms with van der Waals surface area (Å²) in [6.45, 7) is 3.40. The Bertz CT molecular complexity index is 271. The van der Waals surface area contributed by atoms with Gasteiger partial charge in [-0.25, -0.2) is 0 Å². The largest absolute Gasteiger partial charge is 0.330 e. The Hall–Kier alpha value is -0.930. The normalized spacial score (nSPS) is 10.4. The maximum absolute atomic E-state index is 5.47. The summed E-state index contributed by atoms with van der Waals surface area (Å²) in [4.78, 5) is 4.35. The highest BCUT2D eigenvalue weighted by Crippen LogP contribution is 2.08. The molecule has 1 aromatic rings. The molecule has 0 aliphatic rings. The van der Waals surface area contributed by atoms with Crippen molar-refractivity contribution >= 4 is 0 Å². The lowest BCUT2D eigenvalue weighted by Crippen LogP contribution is -2.08.